The average Bonchev–Trinajstić information content (AvgIpc) is 3.04. The molecule has 0 saturated carbocycles. The minimum absolute atomic E-state index is 0.00825. The SMILES string of the molecule is Cc1ccc(OC[C@@H](O)Cn2c(NN)nc3c2c(=O)n(C)c(=O)n3C)cc1C. The van der Waals surface area contributed by atoms with Crippen LogP contribution in [0.5, 0.6) is 5.75 Å². The van der Waals surface area contributed by atoms with Gasteiger partial charge in [-0.15, -0.1) is 0 Å². The van der Waals surface area contributed by atoms with Crippen molar-refractivity contribution in [2.75, 3.05) is 12.0 Å². The summed E-state index contributed by atoms with van der Waals surface area (Å²) in [5.74, 6) is 6.33. The van der Waals surface area contributed by atoms with Crippen molar-refractivity contribution < 1.29 is 9.84 Å². The molecule has 0 unspecified atom stereocenters. The van der Waals surface area contributed by atoms with Gasteiger partial charge in [-0.3, -0.25) is 19.4 Å². The first-order valence-electron chi connectivity index (χ1n) is 8.75. The Morgan fingerprint density at radius 3 is 2.57 bits per heavy atom. The number of rotatable bonds is 6. The Hall–Kier alpha value is -3.11. The molecule has 0 aliphatic carbocycles. The maximum absolute atomic E-state index is 12.6. The topological polar surface area (TPSA) is 129 Å². The average molecular weight is 388 g/mol. The van der Waals surface area contributed by atoms with Crippen LogP contribution in [0, 0.1) is 13.8 Å². The number of hydrogen-bond acceptors (Lipinski definition) is 7. The molecule has 1 atom stereocenters. The number of aryl methyl sites for hydroxylation is 3. The summed E-state index contributed by atoms with van der Waals surface area (Å²) < 4.78 is 9.35. The smallest absolute Gasteiger partial charge is 0.332 e. The van der Waals surface area contributed by atoms with Gasteiger partial charge in [0.05, 0.1) is 6.54 Å². The van der Waals surface area contributed by atoms with E-state index in [1.165, 1.54) is 23.2 Å². The molecule has 150 valence electrons. The lowest BCUT2D eigenvalue weighted by Gasteiger charge is -2.15. The number of nitrogen functional groups attached to an aromatic ring is 1. The molecule has 0 aliphatic rings. The molecule has 2 heterocycles. The second-order valence-corrected chi connectivity index (χ2v) is 6.78. The minimum Gasteiger partial charge on any atom is -0.491 e. The Balaban J connectivity index is 1.89. The Bertz CT molecular complexity index is 1140. The molecule has 0 spiro atoms. The number of aliphatic hydroxyl groups excluding tert-OH is 1. The second-order valence-electron chi connectivity index (χ2n) is 6.78. The molecular weight excluding hydrogens is 364 g/mol. The van der Waals surface area contributed by atoms with Crippen LogP contribution < -0.4 is 27.3 Å². The first kappa shape index (κ1) is 19.6. The maximum Gasteiger partial charge on any atom is 0.332 e. The molecule has 2 aromatic heterocycles. The van der Waals surface area contributed by atoms with Crippen molar-refractivity contribution in [3.8, 4) is 5.75 Å². The third-order valence-corrected chi connectivity index (χ3v) is 4.79. The maximum atomic E-state index is 12.6. The largest absolute Gasteiger partial charge is 0.491 e. The third kappa shape index (κ3) is 3.39. The van der Waals surface area contributed by atoms with Crippen LogP contribution in [-0.4, -0.2) is 36.5 Å². The normalized spacial score (nSPS) is 12.4. The zero-order chi connectivity index (χ0) is 20.6. The summed E-state index contributed by atoms with van der Waals surface area (Å²) in [7, 11) is 2.90. The van der Waals surface area contributed by atoms with Crippen LogP contribution in [0.25, 0.3) is 11.2 Å². The summed E-state index contributed by atoms with van der Waals surface area (Å²) in [6.07, 6.45) is -0.937. The standard InChI is InChI=1S/C18H24N6O4/c1-10-5-6-13(7-11(10)2)28-9-12(25)8-24-14-15(20-17(24)21-19)22(3)18(27)23(4)16(14)26/h5-7,12,25H,8-9,19H2,1-4H3,(H,20,21)/t12-/m0/s1. The van der Waals surface area contributed by atoms with E-state index in [1.54, 1.807) is 0 Å². The fraction of sp³-hybridized carbons (Fsp3) is 0.389. The predicted molar refractivity (Wildman–Crippen MR) is 105 cm³/mol. The molecule has 0 bridgehead atoms. The summed E-state index contributed by atoms with van der Waals surface area (Å²) in [5, 5.41) is 10.5. The van der Waals surface area contributed by atoms with E-state index >= 15 is 0 Å². The molecule has 0 radical (unpaired) electrons. The van der Waals surface area contributed by atoms with Gasteiger partial charge in [-0.2, -0.15) is 4.98 Å². The van der Waals surface area contributed by atoms with Crippen LogP contribution in [0.15, 0.2) is 27.8 Å². The van der Waals surface area contributed by atoms with Crippen molar-refractivity contribution >= 4 is 17.1 Å². The van der Waals surface area contributed by atoms with E-state index in [9.17, 15) is 14.7 Å². The third-order valence-electron chi connectivity index (χ3n) is 4.79. The summed E-state index contributed by atoms with van der Waals surface area (Å²) in [6.45, 7) is 4.01. The van der Waals surface area contributed by atoms with Crippen LogP contribution in [-0.2, 0) is 20.6 Å². The van der Waals surface area contributed by atoms with Crippen molar-refractivity contribution in [2.45, 2.75) is 26.5 Å². The summed E-state index contributed by atoms with van der Waals surface area (Å²) >= 11 is 0. The van der Waals surface area contributed by atoms with E-state index < -0.39 is 17.4 Å². The van der Waals surface area contributed by atoms with Crippen molar-refractivity contribution in [3.63, 3.8) is 0 Å². The number of nitrogens with one attached hydrogen (secondary N) is 1. The van der Waals surface area contributed by atoms with Crippen LogP contribution in [0.1, 0.15) is 11.1 Å². The summed E-state index contributed by atoms with van der Waals surface area (Å²) in [5.41, 5.74) is 3.99. The number of hydrogen-bond donors (Lipinski definition) is 3. The van der Waals surface area contributed by atoms with Gasteiger partial charge in [0, 0.05) is 14.1 Å². The lowest BCUT2D eigenvalue weighted by Crippen LogP contribution is -2.38. The van der Waals surface area contributed by atoms with E-state index in [0.29, 0.717) is 5.75 Å². The fourth-order valence-corrected chi connectivity index (χ4v) is 2.99. The van der Waals surface area contributed by atoms with E-state index in [4.69, 9.17) is 10.6 Å². The molecule has 0 saturated heterocycles. The molecule has 1 aromatic carbocycles. The lowest BCUT2D eigenvalue weighted by atomic mass is 10.1. The number of nitrogens with two attached hydrogens (primary N) is 1. The molecule has 4 N–H and O–H groups in total. The molecule has 0 amide bonds. The van der Waals surface area contributed by atoms with Gasteiger partial charge in [-0.1, -0.05) is 6.07 Å². The first-order valence-corrected chi connectivity index (χ1v) is 8.75. The van der Waals surface area contributed by atoms with Gasteiger partial charge in [0.15, 0.2) is 11.2 Å². The van der Waals surface area contributed by atoms with Gasteiger partial charge in [-0.05, 0) is 37.1 Å². The quantitative estimate of drug-likeness (QED) is 0.393. The Kier molecular flexibility index (Phi) is 5.25. The first-order chi connectivity index (χ1) is 13.2. The number of anilines is 1. The van der Waals surface area contributed by atoms with Gasteiger partial charge in [-0.25, -0.2) is 10.6 Å². The van der Waals surface area contributed by atoms with Crippen molar-refractivity contribution in [2.24, 2.45) is 19.9 Å². The number of aromatic nitrogens is 4. The summed E-state index contributed by atoms with van der Waals surface area (Å²) in [4.78, 5) is 28.9. The van der Waals surface area contributed by atoms with Crippen LogP contribution >= 0.6 is 0 Å². The Labute approximate surface area is 160 Å². The van der Waals surface area contributed by atoms with E-state index in [0.717, 1.165) is 15.7 Å². The molecular formula is C18H24N6O4. The molecule has 28 heavy (non-hydrogen) atoms. The van der Waals surface area contributed by atoms with Gasteiger partial charge in [0.25, 0.3) is 5.56 Å². The van der Waals surface area contributed by atoms with E-state index in [-0.39, 0.29) is 30.3 Å². The zero-order valence-corrected chi connectivity index (χ0v) is 16.3. The summed E-state index contributed by atoms with van der Waals surface area (Å²) in [6, 6.07) is 5.67. The van der Waals surface area contributed by atoms with Gasteiger partial charge >= 0.3 is 5.69 Å². The highest BCUT2D eigenvalue weighted by molar-refractivity contribution is 5.74. The molecule has 3 rings (SSSR count). The number of hydrazine groups is 1. The number of fused-ring (bicyclic) bond motifs is 1. The van der Waals surface area contributed by atoms with Crippen LogP contribution in [0.4, 0.5) is 5.95 Å². The molecule has 3 aromatic rings. The molecule has 0 fully saturated rings. The monoisotopic (exact) mass is 388 g/mol. The number of benzene rings is 1. The van der Waals surface area contributed by atoms with Crippen molar-refractivity contribution in [3.05, 3.63) is 50.2 Å². The van der Waals surface area contributed by atoms with Crippen LogP contribution in [0.3, 0.4) is 0 Å². The number of ether oxygens (including phenoxy) is 1. The Morgan fingerprint density at radius 2 is 1.93 bits per heavy atom. The molecule has 10 heteroatoms. The van der Waals surface area contributed by atoms with Crippen molar-refractivity contribution in [1.82, 2.24) is 18.7 Å². The molecule has 0 aliphatic heterocycles. The number of imidazole rings is 1. The number of aliphatic hydroxyl groups is 1. The minimum atomic E-state index is -0.937. The zero-order valence-electron chi connectivity index (χ0n) is 16.3. The highest BCUT2D eigenvalue weighted by Gasteiger charge is 2.20. The van der Waals surface area contributed by atoms with Crippen LogP contribution in [0.2, 0.25) is 0 Å². The highest BCUT2D eigenvalue weighted by Crippen LogP contribution is 2.18. The fourth-order valence-electron chi connectivity index (χ4n) is 2.99. The van der Waals surface area contributed by atoms with Gasteiger partial charge < -0.3 is 14.4 Å². The second kappa shape index (κ2) is 7.49. The number of nitrogens with zero attached hydrogens (tertiary/aromatic N) is 4. The lowest BCUT2D eigenvalue weighted by molar-refractivity contribution is 0.0938. The van der Waals surface area contributed by atoms with Gasteiger partial charge in [0.2, 0.25) is 5.95 Å². The Morgan fingerprint density at radius 1 is 1.21 bits per heavy atom. The highest BCUT2D eigenvalue weighted by atomic mass is 16.5. The van der Waals surface area contributed by atoms with Gasteiger partial charge in [0.1, 0.15) is 18.5 Å². The van der Waals surface area contributed by atoms with Crippen molar-refractivity contribution in [1.29, 1.82) is 0 Å². The van der Waals surface area contributed by atoms with E-state index in [2.05, 4.69) is 10.4 Å². The molecule has 10 nitrogen and oxygen atoms in total. The predicted octanol–water partition coefficient (Wildman–Crippen LogP) is -0.224. The van der Waals surface area contributed by atoms with E-state index in [1.807, 2.05) is 32.0 Å².